The van der Waals surface area contributed by atoms with Gasteiger partial charge in [0.05, 0.1) is 25.6 Å². The van der Waals surface area contributed by atoms with Crippen molar-refractivity contribution in [2.75, 3.05) is 31.6 Å². The van der Waals surface area contributed by atoms with Gasteiger partial charge in [-0.1, -0.05) is 30.3 Å². The molecular weight excluding hydrogens is 368 g/mol. The van der Waals surface area contributed by atoms with E-state index in [1.54, 1.807) is 11.1 Å². The predicted octanol–water partition coefficient (Wildman–Crippen LogP) is 3.27. The number of nitrogens with one attached hydrogen (secondary N) is 1. The molecular formula is C22H22N4O3. The highest BCUT2D eigenvalue weighted by molar-refractivity contribution is 5.92. The second-order valence-electron chi connectivity index (χ2n) is 6.62. The van der Waals surface area contributed by atoms with Crippen LogP contribution in [-0.2, 0) is 11.3 Å². The minimum atomic E-state index is -0.118. The molecule has 0 bridgehead atoms. The summed E-state index contributed by atoms with van der Waals surface area (Å²) in [5.41, 5.74) is 2.32. The van der Waals surface area contributed by atoms with Gasteiger partial charge in [-0.05, 0) is 29.8 Å². The average molecular weight is 390 g/mol. The van der Waals surface area contributed by atoms with E-state index in [9.17, 15) is 4.79 Å². The first-order valence-electron chi connectivity index (χ1n) is 9.51. The first-order chi connectivity index (χ1) is 14.3. The number of benzene rings is 2. The van der Waals surface area contributed by atoms with Crippen molar-refractivity contribution in [2.45, 2.75) is 6.61 Å². The first kappa shape index (κ1) is 18.9. The summed E-state index contributed by atoms with van der Waals surface area (Å²) >= 11 is 0. The monoisotopic (exact) mass is 390 g/mol. The average Bonchev–Trinajstić information content (AvgIpc) is 2.80. The zero-order valence-corrected chi connectivity index (χ0v) is 16.0. The zero-order valence-electron chi connectivity index (χ0n) is 16.0. The number of anilines is 2. The molecule has 2 aromatic carbocycles. The lowest BCUT2D eigenvalue weighted by Gasteiger charge is -2.26. The summed E-state index contributed by atoms with van der Waals surface area (Å²) in [6.07, 6.45) is 3.06. The summed E-state index contributed by atoms with van der Waals surface area (Å²) in [5, 5.41) is 3.18. The smallest absolute Gasteiger partial charge is 0.274 e. The van der Waals surface area contributed by atoms with E-state index in [1.807, 2.05) is 54.6 Å². The molecule has 4 rings (SSSR count). The molecule has 1 fully saturated rings. The van der Waals surface area contributed by atoms with E-state index in [1.165, 1.54) is 6.20 Å². The van der Waals surface area contributed by atoms with Crippen LogP contribution in [0.2, 0.25) is 0 Å². The molecule has 148 valence electrons. The minimum Gasteiger partial charge on any atom is -0.489 e. The highest BCUT2D eigenvalue weighted by atomic mass is 16.5. The van der Waals surface area contributed by atoms with E-state index in [4.69, 9.17) is 9.47 Å². The lowest BCUT2D eigenvalue weighted by Crippen LogP contribution is -2.41. The number of carbonyl (C=O) groups excluding carboxylic acids is 1. The van der Waals surface area contributed by atoms with Crippen molar-refractivity contribution >= 4 is 17.4 Å². The maximum absolute atomic E-state index is 12.4. The highest BCUT2D eigenvalue weighted by Gasteiger charge is 2.19. The number of nitrogens with zero attached hydrogens (tertiary/aromatic N) is 3. The molecule has 1 saturated heterocycles. The van der Waals surface area contributed by atoms with Gasteiger partial charge in [0.2, 0.25) is 0 Å². The van der Waals surface area contributed by atoms with Crippen LogP contribution in [0.3, 0.4) is 0 Å². The van der Waals surface area contributed by atoms with Crippen molar-refractivity contribution in [2.24, 2.45) is 0 Å². The predicted molar refractivity (Wildman–Crippen MR) is 109 cm³/mol. The maximum Gasteiger partial charge on any atom is 0.274 e. The van der Waals surface area contributed by atoms with Crippen LogP contribution >= 0.6 is 0 Å². The molecule has 7 nitrogen and oxygen atoms in total. The van der Waals surface area contributed by atoms with Gasteiger partial charge in [0.15, 0.2) is 0 Å². The van der Waals surface area contributed by atoms with Gasteiger partial charge < -0.3 is 19.7 Å². The Morgan fingerprint density at radius 1 is 1.00 bits per heavy atom. The Hall–Kier alpha value is -3.45. The fourth-order valence-corrected chi connectivity index (χ4v) is 2.95. The number of hydrogen-bond acceptors (Lipinski definition) is 6. The van der Waals surface area contributed by atoms with Gasteiger partial charge in [-0.25, -0.2) is 9.97 Å². The zero-order chi connectivity index (χ0) is 19.9. The molecule has 7 heteroatoms. The number of hydrogen-bond donors (Lipinski definition) is 1. The molecule has 1 N–H and O–H groups in total. The third-order valence-corrected chi connectivity index (χ3v) is 4.54. The van der Waals surface area contributed by atoms with Crippen LogP contribution in [0.15, 0.2) is 67.0 Å². The lowest BCUT2D eigenvalue weighted by molar-refractivity contribution is 0.0298. The number of morpholine rings is 1. The summed E-state index contributed by atoms with van der Waals surface area (Å²) in [6, 6.07) is 17.6. The van der Waals surface area contributed by atoms with E-state index >= 15 is 0 Å². The Balaban J connectivity index is 1.32. The molecule has 1 amide bonds. The Labute approximate surface area is 169 Å². The largest absolute Gasteiger partial charge is 0.489 e. The summed E-state index contributed by atoms with van der Waals surface area (Å²) in [4.78, 5) is 22.7. The number of ether oxygens (including phenoxy) is 2. The van der Waals surface area contributed by atoms with Gasteiger partial charge in [-0.15, -0.1) is 0 Å². The molecule has 0 saturated carbocycles. The number of amides is 1. The summed E-state index contributed by atoms with van der Waals surface area (Å²) < 4.78 is 11.1. The Kier molecular flexibility index (Phi) is 5.97. The van der Waals surface area contributed by atoms with E-state index in [2.05, 4.69) is 15.3 Å². The maximum atomic E-state index is 12.4. The van der Waals surface area contributed by atoms with Crippen LogP contribution < -0.4 is 10.1 Å². The van der Waals surface area contributed by atoms with Crippen LogP contribution in [0.25, 0.3) is 0 Å². The molecule has 0 aliphatic carbocycles. The molecule has 3 aromatic rings. The Morgan fingerprint density at radius 3 is 2.45 bits per heavy atom. The van der Waals surface area contributed by atoms with Crippen molar-refractivity contribution in [3.05, 3.63) is 78.2 Å². The van der Waals surface area contributed by atoms with E-state index in [0.29, 0.717) is 44.4 Å². The fraction of sp³-hybridized carbons (Fsp3) is 0.227. The fourth-order valence-electron chi connectivity index (χ4n) is 2.95. The molecule has 1 aliphatic heterocycles. The summed E-state index contributed by atoms with van der Waals surface area (Å²) in [5.74, 6) is 1.24. The van der Waals surface area contributed by atoms with Crippen LogP contribution in [0.1, 0.15) is 16.1 Å². The number of carbonyl (C=O) groups is 1. The van der Waals surface area contributed by atoms with Crippen molar-refractivity contribution < 1.29 is 14.3 Å². The molecule has 29 heavy (non-hydrogen) atoms. The number of rotatable bonds is 6. The SMILES string of the molecule is O=C(c1cnc(Nc2ccc(OCc3ccccc3)cc2)cn1)N1CCOCC1. The van der Waals surface area contributed by atoms with Crippen molar-refractivity contribution in [1.29, 1.82) is 0 Å². The van der Waals surface area contributed by atoms with Crippen LogP contribution in [0, 0.1) is 0 Å². The third kappa shape index (κ3) is 5.08. The van der Waals surface area contributed by atoms with E-state index in [0.717, 1.165) is 17.0 Å². The minimum absolute atomic E-state index is 0.118. The van der Waals surface area contributed by atoms with Crippen LogP contribution in [-0.4, -0.2) is 47.1 Å². The van der Waals surface area contributed by atoms with Gasteiger partial charge in [0.25, 0.3) is 5.91 Å². The van der Waals surface area contributed by atoms with Crippen LogP contribution in [0.4, 0.5) is 11.5 Å². The first-order valence-corrected chi connectivity index (χ1v) is 9.51. The molecule has 0 unspecified atom stereocenters. The third-order valence-electron chi connectivity index (χ3n) is 4.54. The standard InChI is InChI=1S/C22H22N4O3/c27-22(26-10-12-28-13-11-26)20-14-24-21(15-23-20)25-18-6-8-19(9-7-18)29-16-17-4-2-1-3-5-17/h1-9,14-15H,10-13,16H2,(H,24,25). The second kappa shape index (κ2) is 9.16. The van der Waals surface area contributed by atoms with Crippen molar-refractivity contribution in [1.82, 2.24) is 14.9 Å². The quantitative estimate of drug-likeness (QED) is 0.696. The molecule has 0 radical (unpaired) electrons. The molecule has 1 aliphatic rings. The highest BCUT2D eigenvalue weighted by Crippen LogP contribution is 2.19. The van der Waals surface area contributed by atoms with Crippen molar-refractivity contribution in [3.63, 3.8) is 0 Å². The summed E-state index contributed by atoms with van der Waals surface area (Å²) in [6.45, 7) is 2.81. The number of aromatic nitrogens is 2. The van der Waals surface area contributed by atoms with E-state index < -0.39 is 0 Å². The van der Waals surface area contributed by atoms with Crippen molar-refractivity contribution in [3.8, 4) is 5.75 Å². The second-order valence-corrected chi connectivity index (χ2v) is 6.62. The molecule has 0 spiro atoms. The van der Waals surface area contributed by atoms with Gasteiger partial charge in [-0.2, -0.15) is 0 Å². The van der Waals surface area contributed by atoms with Crippen LogP contribution in [0.5, 0.6) is 5.75 Å². The van der Waals surface area contributed by atoms with Gasteiger partial charge in [0, 0.05) is 18.8 Å². The van der Waals surface area contributed by atoms with E-state index in [-0.39, 0.29) is 5.91 Å². The molecule has 0 atom stereocenters. The van der Waals surface area contributed by atoms with Gasteiger partial charge in [-0.3, -0.25) is 4.79 Å². The van der Waals surface area contributed by atoms with Gasteiger partial charge in [0.1, 0.15) is 23.9 Å². The Bertz CT molecular complexity index is 925. The topological polar surface area (TPSA) is 76.6 Å². The molecule has 1 aromatic heterocycles. The normalized spacial score (nSPS) is 13.7. The van der Waals surface area contributed by atoms with Gasteiger partial charge >= 0.3 is 0 Å². The summed E-state index contributed by atoms with van der Waals surface area (Å²) in [7, 11) is 0. The molecule has 2 heterocycles. The lowest BCUT2D eigenvalue weighted by atomic mass is 10.2. The Morgan fingerprint density at radius 2 is 1.76 bits per heavy atom.